The molecule has 0 radical (unpaired) electrons. The summed E-state index contributed by atoms with van der Waals surface area (Å²) >= 11 is 0. The average molecular weight is 298 g/mol. The van der Waals surface area contributed by atoms with Crippen LogP contribution < -0.4 is 5.73 Å². The third-order valence-corrected chi connectivity index (χ3v) is 4.79. The summed E-state index contributed by atoms with van der Waals surface area (Å²) in [5.41, 5.74) is 8.53. The fourth-order valence-electron chi connectivity index (χ4n) is 3.68. The monoisotopic (exact) mass is 298 g/mol. The largest absolute Gasteiger partial charge is 0.384 e. The standard InChI is InChI=1S/C16H22N6/c17-15-5-7-18-16(20-15)10-21-8-6-12(9-21)22-11-19-13-3-1-2-4-14(13)22/h5,7,11-12H,1-4,6,8-10H2,(H2,17,18,20)/t12-/m0/s1. The Morgan fingerprint density at radius 1 is 1.23 bits per heavy atom. The zero-order valence-corrected chi connectivity index (χ0v) is 12.8. The molecule has 2 aliphatic rings. The minimum absolute atomic E-state index is 0.537. The zero-order chi connectivity index (χ0) is 14.9. The van der Waals surface area contributed by atoms with Gasteiger partial charge < -0.3 is 10.3 Å². The van der Waals surface area contributed by atoms with E-state index in [-0.39, 0.29) is 0 Å². The van der Waals surface area contributed by atoms with Gasteiger partial charge in [-0.15, -0.1) is 0 Å². The van der Waals surface area contributed by atoms with E-state index in [2.05, 4.69) is 30.7 Å². The number of anilines is 1. The number of hydrogen-bond donors (Lipinski definition) is 1. The van der Waals surface area contributed by atoms with Crippen molar-refractivity contribution in [1.29, 1.82) is 0 Å². The van der Waals surface area contributed by atoms with Crippen LogP contribution in [0.5, 0.6) is 0 Å². The molecule has 0 spiro atoms. The molecule has 3 heterocycles. The van der Waals surface area contributed by atoms with E-state index in [0.717, 1.165) is 31.9 Å². The number of aryl methyl sites for hydroxylation is 1. The lowest BCUT2D eigenvalue weighted by Crippen LogP contribution is -2.23. The normalized spacial score (nSPS) is 21.9. The van der Waals surface area contributed by atoms with Crippen LogP contribution in [0, 0.1) is 0 Å². The van der Waals surface area contributed by atoms with Gasteiger partial charge in [0.25, 0.3) is 0 Å². The number of nitrogens with zero attached hydrogens (tertiary/aromatic N) is 5. The van der Waals surface area contributed by atoms with Crippen molar-refractivity contribution in [3.05, 3.63) is 35.8 Å². The highest BCUT2D eigenvalue weighted by Crippen LogP contribution is 2.28. The Morgan fingerprint density at radius 2 is 2.14 bits per heavy atom. The van der Waals surface area contributed by atoms with Crippen molar-refractivity contribution in [3.63, 3.8) is 0 Å². The van der Waals surface area contributed by atoms with Gasteiger partial charge >= 0.3 is 0 Å². The number of aromatic nitrogens is 4. The second-order valence-corrected chi connectivity index (χ2v) is 6.33. The van der Waals surface area contributed by atoms with Gasteiger partial charge in [-0.2, -0.15) is 0 Å². The van der Waals surface area contributed by atoms with Crippen molar-refractivity contribution in [3.8, 4) is 0 Å². The molecule has 0 bridgehead atoms. The van der Waals surface area contributed by atoms with E-state index in [0.29, 0.717) is 11.9 Å². The third-order valence-electron chi connectivity index (χ3n) is 4.79. The number of imidazole rings is 1. The van der Waals surface area contributed by atoms with Crippen LogP contribution in [0.1, 0.15) is 42.5 Å². The van der Waals surface area contributed by atoms with Gasteiger partial charge in [-0.25, -0.2) is 15.0 Å². The summed E-state index contributed by atoms with van der Waals surface area (Å²) in [6.07, 6.45) is 9.88. The molecule has 2 N–H and O–H groups in total. The van der Waals surface area contributed by atoms with Crippen molar-refractivity contribution in [2.45, 2.75) is 44.7 Å². The van der Waals surface area contributed by atoms with E-state index >= 15 is 0 Å². The Labute approximate surface area is 130 Å². The molecule has 1 fully saturated rings. The molecule has 0 amide bonds. The molecule has 0 saturated carbocycles. The molecular weight excluding hydrogens is 276 g/mol. The second-order valence-electron chi connectivity index (χ2n) is 6.33. The summed E-state index contributed by atoms with van der Waals surface area (Å²) in [6, 6.07) is 2.27. The van der Waals surface area contributed by atoms with Gasteiger partial charge in [0, 0.05) is 31.0 Å². The van der Waals surface area contributed by atoms with E-state index in [9.17, 15) is 0 Å². The Hall–Kier alpha value is -1.95. The highest BCUT2D eigenvalue weighted by molar-refractivity contribution is 5.25. The Morgan fingerprint density at radius 3 is 3.05 bits per heavy atom. The average Bonchev–Trinajstić information content (AvgIpc) is 3.13. The number of likely N-dealkylation sites (tertiary alicyclic amines) is 1. The van der Waals surface area contributed by atoms with Crippen molar-refractivity contribution in [2.24, 2.45) is 0 Å². The molecule has 0 aromatic carbocycles. The molecule has 1 saturated heterocycles. The summed E-state index contributed by atoms with van der Waals surface area (Å²) in [5.74, 6) is 1.36. The molecule has 6 heteroatoms. The van der Waals surface area contributed by atoms with Gasteiger partial charge in [-0.05, 0) is 38.2 Å². The fourth-order valence-corrected chi connectivity index (χ4v) is 3.68. The number of hydrogen-bond acceptors (Lipinski definition) is 5. The molecule has 22 heavy (non-hydrogen) atoms. The van der Waals surface area contributed by atoms with Crippen LogP contribution in [0.3, 0.4) is 0 Å². The number of nitrogen functional groups attached to an aromatic ring is 1. The molecule has 1 atom stereocenters. The lowest BCUT2D eigenvalue weighted by molar-refractivity contribution is 0.307. The summed E-state index contributed by atoms with van der Waals surface area (Å²) in [6.45, 7) is 2.90. The number of rotatable bonds is 3. The summed E-state index contributed by atoms with van der Waals surface area (Å²) < 4.78 is 2.43. The lowest BCUT2D eigenvalue weighted by Gasteiger charge is -2.20. The zero-order valence-electron chi connectivity index (χ0n) is 12.8. The first-order chi connectivity index (χ1) is 10.8. The molecule has 1 aliphatic carbocycles. The maximum absolute atomic E-state index is 5.73. The van der Waals surface area contributed by atoms with E-state index in [1.807, 2.05) is 0 Å². The van der Waals surface area contributed by atoms with E-state index in [4.69, 9.17) is 5.73 Å². The summed E-state index contributed by atoms with van der Waals surface area (Å²) in [4.78, 5) is 15.6. The van der Waals surface area contributed by atoms with Crippen LogP contribution in [-0.4, -0.2) is 37.5 Å². The Balaban J connectivity index is 1.45. The van der Waals surface area contributed by atoms with Crippen LogP contribution in [0.4, 0.5) is 5.82 Å². The highest BCUT2D eigenvalue weighted by atomic mass is 15.2. The molecule has 116 valence electrons. The minimum atomic E-state index is 0.537. The van der Waals surface area contributed by atoms with Crippen LogP contribution in [0.25, 0.3) is 0 Å². The van der Waals surface area contributed by atoms with Crippen molar-refractivity contribution >= 4 is 5.82 Å². The van der Waals surface area contributed by atoms with Gasteiger partial charge in [-0.1, -0.05) is 0 Å². The van der Waals surface area contributed by atoms with Crippen LogP contribution in [0.15, 0.2) is 18.6 Å². The maximum Gasteiger partial charge on any atom is 0.144 e. The van der Waals surface area contributed by atoms with Gasteiger partial charge in [-0.3, -0.25) is 4.90 Å². The molecular formula is C16H22N6. The number of nitrogens with two attached hydrogens (primary N) is 1. The van der Waals surface area contributed by atoms with Crippen molar-refractivity contribution in [2.75, 3.05) is 18.8 Å². The first-order valence-corrected chi connectivity index (χ1v) is 8.14. The highest BCUT2D eigenvalue weighted by Gasteiger charge is 2.27. The van der Waals surface area contributed by atoms with Crippen LogP contribution in [-0.2, 0) is 19.4 Å². The molecule has 2 aromatic rings. The van der Waals surface area contributed by atoms with Crippen LogP contribution >= 0.6 is 0 Å². The second kappa shape index (κ2) is 5.68. The van der Waals surface area contributed by atoms with E-state index in [1.165, 1.54) is 37.1 Å². The van der Waals surface area contributed by atoms with Crippen molar-refractivity contribution in [1.82, 2.24) is 24.4 Å². The predicted octanol–water partition coefficient (Wildman–Crippen LogP) is 1.58. The van der Waals surface area contributed by atoms with E-state index in [1.54, 1.807) is 12.3 Å². The first kappa shape index (κ1) is 13.7. The maximum atomic E-state index is 5.73. The quantitative estimate of drug-likeness (QED) is 0.931. The summed E-state index contributed by atoms with van der Waals surface area (Å²) in [5, 5.41) is 0. The Kier molecular flexibility index (Phi) is 3.54. The lowest BCUT2D eigenvalue weighted by atomic mass is 10.0. The van der Waals surface area contributed by atoms with Crippen molar-refractivity contribution < 1.29 is 0 Å². The fraction of sp³-hybridized carbons (Fsp3) is 0.562. The number of fused-ring (bicyclic) bond motifs is 1. The predicted molar refractivity (Wildman–Crippen MR) is 84.2 cm³/mol. The van der Waals surface area contributed by atoms with Gasteiger partial charge in [0.2, 0.25) is 0 Å². The smallest absolute Gasteiger partial charge is 0.144 e. The molecule has 2 aromatic heterocycles. The molecule has 1 aliphatic heterocycles. The minimum Gasteiger partial charge on any atom is -0.384 e. The molecule has 6 nitrogen and oxygen atoms in total. The topological polar surface area (TPSA) is 72.9 Å². The first-order valence-electron chi connectivity index (χ1n) is 8.14. The SMILES string of the molecule is Nc1ccnc(CN2CC[C@H](n3cnc4c3CCCC4)C2)n1. The van der Waals surface area contributed by atoms with Gasteiger partial charge in [0.1, 0.15) is 11.6 Å². The Bertz CT molecular complexity index is 664. The molecule has 4 rings (SSSR count). The summed E-state index contributed by atoms with van der Waals surface area (Å²) in [7, 11) is 0. The van der Waals surface area contributed by atoms with E-state index < -0.39 is 0 Å². The van der Waals surface area contributed by atoms with Gasteiger partial charge in [0.15, 0.2) is 0 Å². The van der Waals surface area contributed by atoms with Gasteiger partial charge in [0.05, 0.1) is 18.6 Å². The van der Waals surface area contributed by atoms with Crippen LogP contribution in [0.2, 0.25) is 0 Å². The third kappa shape index (κ3) is 2.59. The molecule has 0 unspecified atom stereocenters.